The highest BCUT2D eigenvalue weighted by molar-refractivity contribution is 5.89. The molecule has 1 aliphatic carbocycles. The van der Waals surface area contributed by atoms with Gasteiger partial charge in [-0.3, -0.25) is 0 Å². The highest BCUT2D eigenvalue weighted by atomic mass is 16.4. The van der Waals surface area contributed by atoms with E-state index in [1.165, 1.54) is 19.3 Å². The van der Waals surface area contributed by atoms with Crippen molar-refractivity contribution >= 4 is 5.97 Å². The molecule has 19 heavy (non-hydrogen) atoms. The van der Waals surface area contributed by atoms with Crippen LogP contribution in [-0.4, -0.2) is 21.0 Å². The van der Waals surface area contributed by atoms with Crippen LogP contribution in [0.25, 0.3) is 11.4 Å². The predicted octanol–water partition coefficient (Wildman–Crippen LogP) is 3.11. The van der Waals surface area contributed by atoms with E-state index in [-0.39, 0.29) is 5.56 Å². The summed E-state index contributed by atoms with van der Waals surface area (Å²) in [4.78, 5) is 19.8. The lowest BCUT2D eigenvalue weighted by Gasteiger charge is -2.24. The number of hydrogen-bond donors (Lipinski definition) is 1. The largest absolute Gasteiger partial charge is 0.478 e. The van der Waals surface area contributed by atoms with Crippen LogP contribution < -0.4 is 0 Å². The minimum absolute atomic E-state index is 0.259. The molecule has 0 spiro atoms. The third kappa shape index (κ3) is 2.34. The molecule has 2 aromatic rings. The van der Waals surface area contributed by atoms with Crippen molar-refractivity contribution in [2.24, 2.45) is 0 Å². The molecule has 0 bridgehead atoms. The Bertz CT molecular complexity index is 621. The number of rotatable bonds is 3. The van der Waals surface area contributed by atoms with E-state index < -0.39 is 5.97 Å². The lowest BCUT2D eigenvalue weighted by molar-refractivity contribution is 0.0697. The van der Waals surface area contributed by atoms with Gasteiger partial charge in [0.25, 0.3) is 0 Å². The van der Waals surface area contributed by atoms with E-state index >= 15 is 0 Å². The topological polar surface area (TPSA) is 63.1 Å². The summed E-state index contributed by atoms with van der Waals surface area (Å²) < 4.78 is 0. The van der Waals surface area contributed by atoms with Crippen LogP contribution in [0.2, 0.25) is 0 Å². The SMILES string of the molecule is O=C(O)c1cccc(-c2nccc(C3CCC3)n2)c1. The van der Waals surface area contributed by atoms with Crippen LogP contribution in [0.15, 0.2) is 36.5 Å². The van der Waals surface area contributed by atoms with Crippen LogP contribution in [-0.2, 0) is 0 Å². The fraction of sp³-hybridized carbons (Fsp3) is 0.267. The Morgan fingerprint density at radius 1 is 1.26 bits per heavy atom. The molecule has 1 heterocycles. The number of hydrogen-bond acceptors (Lipinski definition) is 3. The number of nitrogens with zero attached hydrogens (tertiary/aromatic N) is 2. The van der Waals surface area contributed by atoms with Crippen molar-refractivity contribution in [2.75, 3.05) is 0 Å². The summed E-state index contributed by atoms with van der Waals surface area (Å²) in [6.07, 6.45) is 5.39. The lowest BCUT2D eigenvalue weighted by atomic mass is 9.83. The van der Waals surface area contributed by atoms with Crippen LogP contribution >= 0.6 is 0 Å². The van der Waals surface area contributed by atoms with Gasteiger partial charge in [-0.05, 0) is 31.0 Å². The highest BCUT2D eigenvalue weighted by Crippen LogP contribution is 2.35. The molecule has 1 N–H and O–H groups in total. The first-order valence-corrected chi connectivity index (χ1v) is 6.41. The average molecular weight is 254 g/mol. The molecule has 0 unspecified atom stereocenters. The summed E-state index contributed by atoms with van der Waals surface area (Å²) >= 11 is 0. The normalized spacial score (nSPS) is 14.9. The summed E-state index contributed by atoms with van der Waals surface area (Å²) in [6, 6.07) is 8.70. The van der Waals surface area contributed by atoms with Gasteiger partial charge in [-0.2, -0.15) is 0 Å². The predicted molar refractivity (Wildman–Crippen MR) is 71.0 cm³/mol. The summed E-state index contributed by atoms with van der Waals surface area (Å²) in [5, 5.41) is 9.01. The summed E-state index contributed by atoms with van der Waals surface area (Å²) in [5.74, 6) is 0.217. The zero-order chi connectivity index (χ0) is 13.2. The van der Waals surface area contributed by atoms with Gasteiger partial charge in [0.15, 0.2) is 5.82 Å². The first kappa shape index (κ1) is 11.8. The van der Waals surface area contributed by atoms with Crippen molar-refractivity contribution in [1.82, 2.24) is 9.97 Å². The quantitative estimate of drug-likeness (QED) is 0.914. The summed E-state index contributed by atoms with van der Waals surface area (Å²) in [5.41, 5.74) is 2.08. The first-order chi connectivity index (χ1) is 9.24. The van der Waals surface area contributed by atoms with Crippen molar-refractivity contribution in [3.63, 3.8) is 0 Å². The van der Waals surface area contributed by atoms with E-state index in [0.29, 0.717) is 11.7 Å². The van der Waals surface area contributed by atoms with Crippen molar-refractivity contribution in [1.29, 1.82) is 0 Å². The molecular weight excluding hydrogens is 240 g/mol. The van der Waals surface area contributed by atoms with Crippen LogP contribution in [0.3, 0.4) is 0 Å². The van der Waals surface area contributed by atoms with E-state index in [0.717, 1.165) is 11.3 Å². The molecule has 96 valence electrons. The van der Waals surface area contributed by atoms with Crippen LogP contribution in [0.4, 0.5) is 0 Å². The highest BCUT2D eigenvalue weighted by Gasteiger charge is 2.21. The second-order valence-electron chi connectivity index (χ2n) is 4.82. The van der Waals surface area contributed by atoms with Crippen molar-refractivity contribution in [2.45, 2.75) is 25.2 Å². The molecule has 3 rings (SSSR count). The fourth-order valence-corrected chi connectivity index (χ4v) is 2.23. The second kappa shape index (κ2) is 4.80. The second-order valence-corrected chi connectivity index (χ2v) is 4.82. The van der Waals surface area contributed by atoms with Gasteiger partial charge in [0.2, 0.25) is 0 Å². The number of aromatic nitrogens is 2. The Morgan fingerprint density at radius 2 is 2.11 bits per heavy atom. The molecule has 0 radical (unpaired) electrons. The van der Waals surface area contributed by atoms with Gasteiger partial charge in [0.05, 0.1) is 5.56 Å². The first-order valence-electron chi connectivity index (χ1n) is 6.41. The monoisotopic (exact) mass is 254 g/mol. The Kier molecular flexibility index (Phi) is 2.99. The number of benzene rings is 1. The smallest absolute Gasteiger partial charge is 0.335 e. The van der Waals surface area contributed by atoms with Gasteiger partial charge in [0.1, 0.15) is 0 Å². The van der Waals surface area contributed by atoms with Crippen molar-refractivity contribution in [3.05, 3.63) is 47.8 Å². The molecule has 1 fully saturated rings. The zero-order valence-corrected chi connectivity index (χ0v) is 10.4. The third-order valence-electron chi connectivity index (χ3n) is 3.57. The number of aromatic carboxylic acids is 1. The summed E-state index contributed by atoms with van der Waals surface area (Å²) in [7, 11) is 0. The van der Waals surface area contributed by atoms with Gasteiger partial charge < -0.3 is 5.11 Å². The number of carbonyl (C=O) groups is 1. The molecule has 0 amide bonds. The Hall–Kier alpha value is -2.23. The molecule has 0 atom stereocenters. The van der Waals surface area contributed by atoms with E-state index in [2.05, 4.69) is 9.97 Å². The lowest BCUT2D eigenvalue weighted by Crippen LogP contribution is -2.11. The molecule has 1 aliphatic rings. The van der Waals surface area contributed by atoms with Crippen LogP contribution in [0, 0.1) is 0 Å². The zero-order valence-electron chi connectivity index (χ0n) is 10.4. The standard InChI is InChI=1S/C15H14N2O2/c18-15(19)12-6-2-5-11(9-12)14-16-8-7-13(17-14)10-3-1-4-10/h2,5-10H,1,3-4H2,(H,18,19). The third-order valence-corrected chi connectivity index (χ3v) is 3.57. The molecule has 0 saturated heterocycles. The maximum absolute atomic E-state index is 11.0. The maximum atomic E-state index is 11.0. The average Bonchev–Trinajstić information content (AvgIpc) is 2.37. The molecular formula is C15H14N2O2. The number of carboxylic acids is 1. The van der Waals surface area contributed by atoms with Gasteiger partial charge in [-0.15, -0.1) is 0 Å². The van der Waals surface area contributed by atoms with Crippen molar-refractivity contribution in [3.8, 4) is 11.4 Å². The van der Waals surface area contributed by atoms with Gasteiger partial charge in [0, 0.05) is 23.4 Å². The molecule has 1 aromatic heterocycles. The Morgan fingerprint density at radius 3 is 2.79 bits per heavy atom. The Balaban J connectivity index is 1.97. The van der Waals surface area contributed by atoms with Gasteiger partial charge in [-0.1, -0.05) is 18.6 Å². The van der Waals surface area contributed by atoms with Gasteiger partial charge in [-0.25, -0.2) is 14.8 Å². The van der Waals surface area contributed by atoms with E-state index in [1.807, 2.05) is 12.1 Å². The van der Waals surface area contributed by atoms with E-state index in [9.17, 15) is 4.79 Å². The molecule has 4 heteroatoms. The maximum Gasteiger partial charge on any atom is 0.335 e. The van der Waals surface area contributed by atoms with Crippen LogP contribution in [0.1, 0.15) is 41.2 Å². The molecule has 0 aliphatic heterocycles. The van der Waals surface area contributed by atoms with E-state index in [4.69, 9.17) is 5.11 Å². The number of carboxylic acid groups (broad SMARTS) is 1. The fourth-order valence-electron chi connectivity index (χ4n) is 2.23. The van der Waals surface area contributed by atoms with Crippen LogP contribution in [0.5, 0.6) is 0 Å². The summed E-state index contributed by atoms with van der Waals surface area (Å²) in [6.45, 7) is 0. The Labute approximate surface area is 111 Å². The van der Waals surface area contributed by atoms with Gasteiger partial charge >= 0.3 is 5.97 Å². The van der Waals surface area contributed by atoms with E-state index in [1.54, 1.807) is 24.4 Å². The molecule has 1 saturated carbocycles. The molecule has 1 aromatic carbocycles. The minimum Gasteiger partial charge on any atom is -0.478 e. The van der Waals surface area contributed by atoms with Crippen molar-refractivity contribution < 1.29 is 9.90 Å². The molecule has 4 nitrogen and oxygen atoms in total. The minimum atomic E-state index is -0.933.